The highest BCUT2D eigenvalue weighted by atomic mass is 16.5. The Hall–Kier alpha value is -4.43. The molecule has 0 aliphatic carbocycles. The topological polar surface area (TPSA) is 131 Å². The number of rotatable bonds is 15. The highest BCUT2D eigenvalue weighted by molar-refractivity contribution is 5.86. The number of methoxy groups -OCH3 is 2. The van der Waals surface area contributed by atoms with Crippen molar-refractivity contribution in [1.82, 2.24) is 4.98 Å². The second kappa shape index (κ2) is 14.8. The summed E-state index contributed by atoms with van der Waals surface area (Å²) in [6.45, 7) is 4.19. The maximum absolute atomic E-state index is 14.0. The van der Waals surface area contributed by atoms with Crippen LogP contribution in [-0.2, 0) is 30.5 Å². The number of Topliss-reactive ketones (excluding diaryl/α,β-unsaturated/α-hetero) is 1. The Kier molecular flexibility index (Phi) is 11.0. The quantitative estimate of drug-likeness (QED) is 0.136. The van der Waals surface area contributed by atoms with E-state index in [1.807, 2.05) is 12.1 Å². The zero-order valence-corrected chi connectivity index (χ0v) is 25.7. The number of ketones is 1. The second-order valence-corrected chi connectivity index (χ2v) is 11.8. The molecular weight excluding hydrogens is 558 g/mol. The van der Waals surface area contributed by atoms with E-state index in [1.54, 1.807) is 54.9 Å². The summed E-state index contributed by atoms with van der Waals surface area (Å²) < 4.78 is 10.8. The number of hydrogen-bond donors (Lipinski definition) is 4. The molecule has 0 amide bonds. The molecular formula is C36H42NO7-. The first-order chi connectivity index (χ1) is 21.1. The van der Waals surface area contributed by atoms with E-state index < -0.39 is 12.0 Å². The average molecular weight is 601 g/mol. The normalized spacial score (nSPS) is 13.4. The van der Waals surface area contributed by atoms with Crippen LogP contribution in [0, 0.1) is 11.8 Å². The van der Waals surface area contributed by atoms with Crippen molar-refractivity contribution < 1.29 is 34.7 Å². The molecule has 3 aromatic carbocycles. The number of aromatic hydroxyl groups is 3. The number of carbonyl (C=O) groups excluding carboxylic acids is 1. The van der Waals surface area contributed by atoms with Gasteiger partial charge in [0.05, 0.1) is 20.3 Å². The molecule has 0 radical (unpaired) electrons. The van der Waals surface area contributed by atoms with E-state index in [0.717, 1.165) is 22.3 Å². The summed E-state index contributed by atoms with van der Waals surface area (Å²) in [5, 5.41) is 42.5. The number of nitrogens with zero attached hydrogens (tertiary/aromatic N) is 1. The van der Waals surface area contributed by atoms with Gasteiger partial charge >= 0.3 is 0 Å². The van der Waals surface area contributed by atoms with Gasteiger partial charge in [0.1, 0.15) is 11.5 Å². The van der Waals surface area contributed by atoms with Gasteiger partial charge in [0.25, 0.3) is 0 Å². The van der Waals surface area contributed by atoms with Crippen molar-refractivity contribution >= 4 is 5.78 Å². The minimum absolute atomic E-state index is 0.000514. The van der Waals surface area contributed by atoms with Crippen LogP contribution in [0.25, 0.3) is 0 Å². The van der Waals surface area contributed by atoms with E-state index in [9.17, 15) is 25.2 Å². The zero-order chi connectivity index (χ0) is 31.8. The summed E-state index contributed by atoms with van der Waals surface area (Å²) in [5.74, 6) is -0.0113. The Balaban J connectivity index is 1.65. The van der Waals surface area contributed by atoms with Crippen LogP contribution < -0.4 is 14.5 Å². The fourth-order valence-electron chi connectivity index (χ4n) is 5.84. The van der Waals surface area contributed by atoms with Crippen LogP contribution in [0.3, 0.4) is 0 Å². The van der Waals surface area contributed by atoms with Crippen LogP contribution in [0.4, 0.5) is 0 Å². The maximum Gasteiger partial charge on any atom is 0.163 e. The first-order valence-electron chi connectivity index (χ1n) is 14.9. The lowest BCUT2D eigenvalue weighted by Crippen LogP contribution is -2.30. The first-order valence-corrected chi connectivity index (χ1v) is 14.9. The lowest BCUT2D eigenvalue weighted by Gasteiger charge is -2.27. The van der Waals surface area contributed by atoms with Crippen molar-refractivity contribution in [1.29, 1.82) is 0 Å². The summed E-state index contributed by atoms with van der Waals surface area (Å²) >= 11 is 0. The molecule has 0 saturated heterocycles. The number of aliphatic hydroxyl groups is 1. The SMILES string of the molecule is COc1cc(CC(C(=O)CC(O)C(Cc2cc[n-]c2)Cc2ccc(O)c(OC)c2CC(C)C)c2cccc(O)c2)ccc1O. The molecule has 3 unspecified atom stereocenters. The fraction of sp³-hybridized carbons (Fsp3) is 0.361. The lowest BCUT2D eigenvalue weighted by molar-refractivity contribution is -0.123. The molecule has 1 heterocycles. The van der Waals surface area contributed by atoms with Gasteiger partial charge in [-0.2, -0.15) is 12.4 Å². The lowest BCUT2D eigenvalue weighted by atomic mass is 9.80. The molecule has 0 saturated carbocycles. The van der Waals surface area contributed by atoms with E-state index in [0.29, 0.717) is 42.2 Å². The van der Waals surface area contributed by atoms with Gasteiger partial charge in [0.15, 0.2) is 23.0 Å². The Labute approximate surface area is 258 Å². The monoisotopic (exact) mass is 600 g/mol. The van der Waals surface area contributed by atoms with Crippen molar-refractivity contribution in [2.75, 3.05) is 14.2 Å². The molecule has 234 valence electrons. The van der Waals surface area contributed by atoms with Gasteiger partial charge in [-0.05, 0) is 84.5 Å². The molecule has 4 N–H and O–H groups in total. The highest BCUT2D eigenvalue weighted by Crippen LogP contribution is 2.37. The molecule has 0 fully saturated rings. The number of phenols is 3. The molecule has 0 aliphatic heterocycles. The Morgan fingerprint density at radius 3 is 2.27 bits per heavy atom. The van der Waals surface area contributed by atoms with Gasteiger partial charge in [-0.15, -0.1) is 0 Å². The number of carbonyl (C=O) groups is 1. The van der Waals surface area contributed by atoms with E-state index >= 15 is 0 Å². The van der Waals surface area contributed by atoms with Crippen molar-refractivity contribution in [3.05, 3.63) is 101 Å². The van der Waals surface area contributed by atoms with Crippen molar-refractivity contribution in [3.8, 4) is 28.7 Å². The number of aromatic nitrogens is 1. The van der Waals surface area contributed by atoms with Crippen LogP contribution in [0.5, 0.6) is 28.7 Å². The second-order valence-electron chi connectivity index (χ2n) is 11.8. The van der Waals surface area contributed by atoms with Gasteiger partial charge in [-0.25, -0.2) is 0 Å². The summed E-state index contributed by atoms with van der Waals surface area (Å²) in [7, 11) is 3.00. The molecule has 8 nitrogen and oxygen atoms in total. The fourth-order valence-corrected chi connectivity index (χ4v) is 5.84. The van der Waals surface area contributed by atoms with Crippen molar-refractivity contribution in [3.63, 3.8) is 0 Å². The zero-order valence-electron chi connectivity index (χ0n) is 25.7. The van der Waals surface area contributed by atoms with Gasteiger partial charge in [-0.1, -0.05) is 49.7 Å². The van der Waals surface area contributed by atoms with E-state index in [2.05, 4.69) is 18.8 Å². The average Bonchev–Trinajstić information content (AvgIpc) is 3.50. The predicted octanol–water partition coefficient (Wildman–Crippen LogP) is 5.72. The van der Waals surface area contributed by atoms with Gasteiger partial charge in [-0.3, -0.25) is 4.79 Å². The molecule has 1 aromatic heterocycles. The van der Waals surface area contributed by atoms with Gasteiger partial charge < -0.3 is 34.9 Å². The standard InChI is InChI=1S/C36H42NO7/c1-22(2)14-30-26(9-11-32(40)36(30)44-4)18-27(15-24-12-13-37-21-24)33(41)20-34(42)29(25-6-5-7-28(38)19-25)16-23-8-10-31(39)35(17-23)43-3/h5-13,17,19,21-22,27,29,33,38-41H,14-16,18,20H2,1-4H3/q-1. The Morgan fingerprint density at radius 1 is 0.841 bits per heavy atom. The molecule has 4 aromatic rings. The summed E-state index contributed by atoms with van der Waals surface area (Å²) in [6.07, 6.45) is 4.32. The van der Waals surface area contributed by atoms with E-state index in [1.165, 1.54) is 20.3 Å². The highest BCUT2D eigenvalue weighted by Gasteiger charge is 2.29. The molecule has 44 heavy (non-hydrogen) atoms. The smallest absolute Gasteiger partial charge is 0.163 e. The molecule has 0 spiro atoms. The maximum atomic E-state index is 14.0. The summed E-state index contributed by atoms with van der Waals surface area (Å²) in [6, 6.07) is 16.9. The van der Waals surface area contributed by atoms with E-state index in [-0.39, 0.29) is 41.8 Å². The summed E-state index contributed by atoms with van der Waals surface area (Å²) in [4.78, 5) is 18.2. The number of ether oxygens (including phenoxy) is 2. The third-order valence-electron chi connectivity index (χ3n) is 8.05. The number of benzene rings is 3. The largest absolute Gasteiger partial charge is 0.670 e. The molecule has 0 aliphatic rings. The number of aliphatic hydroxyl groups excluding tert-OH is 1. The first kappa shape index (κ1) is 32.5. The minimum Gasteiger partial charge on any atom is -0.670 e. The molecule has 4 rings (SSSR count). The van der Waals surface area contributed by atoms with Crippen LogP contribution in [0.2, 0.25) is 0 Å². The number of phenolic OH excluding ortho intramolecular Hbond substituents is 3. The molecule has 8 heteroatoms. The minimum atomic E-state index is -0.988. The van der Waals surface area contributed by atoms with Crippen molar-refractivity contribution in [2.45, 2.75) is 58.0 Å². The predicted molar refractivity (Wildman–Crippen MR) is 169 cm³/mol. The molecule has 3 atom stereocenters. The van der Waals surface area contributed by atoms with Crippen LogP contribution in [-0.4, -0.2) is 46.5 Å². The van der Waals surface area contributed by atoms with Gasteiger partial charge in [0.2, 0.25) is 0 Å². The molecule has 0 bridgehead atoms. The van der Waals surface area contributed by atoms with Crippen LogP contribution in [0.1, 0.15) is 54.0 Å². The summed E-state index contributed by atoms with van der Waals surface area (Å²) in [5.41, 5.74) is 4.20. The third-order valence-corrected chi connectivity index (χ3v) is 8.05. The van der Waals surface area contributed by atoms with Gasteiger partial charge in [0, 0.05) is 17.9 Å². The Morgan fingerprint density at radius 2 is 1.61 bits per heavy atom. The Bertz CT molecular complexity index is 1530. The third kappa shape index (κ3) is 8.14. The number of hydrogen-bond acceptors (Lipinski definition) is 7. The van der Waals surface area contributed by atoms with E-state index in [4.69, 9.17) is 9.47 Å². The van der Waals surface area contributed by atoms with Crippen LogP contribution in [0.15, 0.2) is 73.1 Å². The van der Waals surface area contributed by atoms with Crippen molar-refractivity contribution in [2.24, 2.45) is 11.8 Å². The van der Waals surface area contributed by atoms with Crippen LogP contribution >= 0.6 is 0 Å².